The Bertz CT molecular complexity index is 414. The molecule has 1 saturated carbocycles. The van der Waals surface area contributed by atoms with E-state index in [1.54, 1.807) is 0 Å². The number of methoxy groups -OCH3 is 1. The van der Waals surface area contributed by atoms with Crippen LogP contribution in [0.25, 0.3) is 0 Å². The normalized spacial score (nSPS) is 23.4. The van der Waals surface area contributed by atoms with E-state index in [0.29, 0.717) is 13.2 Å². The fraction of sp³-hybridized carbons (Fsp3) is 0.900. The average Bonchev–Trinajstić information content (AvgIpc) is 2.90. The van der Waals surface area contributed by atoms with Crippen molar-refractivity contribution < 1.29 is 23.8 Å². The molecule has 0 saturated heterocycles. The van der Waals surface area contributed by atoms with Gasteiger partial charge in [-0.05, 0) is 39.5 Å². The summed E-state index contributed by atoms with van der Waals surface area (Å²) in [5.41, 5.74) is 0. The van der Waals surface area contributed by atoms with Crippen LogP contribution in [0.1, 0.15) is 72.6 Å². The minimum absolute atomic E-state index is 0.0391. The van der Waals surface area contributed by atoms with Crippen LogP contribution in [0.5, 0.6) is 0 Å². The first-order chi connectivity index (χ1) is 12.0. The predicted molar refractivity (Wildman–Crippen MR) is 97.1 cm³/mol. The van der Waals surface area contributed by atoms with E-state index in [0.717, 1.165) is 32.1 Å². The minimum atomic E-state index is -0.719. The Morgan fingerprint density at radius 2 is 1.72 bits per heavy atom. The molecule has 0 N–H and O–H groups in total. The molecule has 146 valence electrons. The molecule has 25 heavy (non-hydrogen) atoms. The molecule has 5 heteroatoms. The van der Waals surface area contributed by atoms with Crippen molar-refractivity contribution in [1.82, 2.24) is 0 Å². The summed E-state index contributed by atoms with van der Waals surface area (Å²) in [7, 11) is 1.35. The van der Waals surface area contributed by atoms with Gasteiger partial charge in [0.1, 0.15) is 11.7 Å². The van der Waals surface area contributed by atoms with Crippen LogP contribution in [0.4, 0.5) is 0 Å². The first-order valence-electron chi connectivity index (χ1n) is 9.83. The molecule has 0 aromatic carbocycles. The summed E-state index contributed by atoms with van der Waals surface area (Å²) in [5.74, 6) is -1.99. The number of carbonyl (C=O) groups is 2. The van der Waals surface area contributed by atoms with Crippen molar-refractivity contribution in [2.24, 2.45) is 17.8 Å². The topological polar surface area (TPSA) is 61.8 Å². The Morgan fingerprint density at radius 1 is 1.08 bits per heavy atom. The van der Waals surface area contributed by atoms with Crippen molar-refractivity contribution in [3.63, 3.8) is 0 Å². The maximum Gasteiger partial charge on any atom is 0.316 e. The van der Waals surface area contributed by atoms with Crippen LogP contribution < -0.4 is 0 Å². The largest absolute Gasteiger partial charge is 0.468 e. The predicted octanol–water partition coefficient (Wildman–Crippen LogP) is 4.13. The Hall–Kier alpha value is -0.940. The molecular weight excluding hydrogens is 320 g/mol. The number of Topliss-reactive ketones (excluding diaryl/α,β-unsaturated/α-hetero) is 1. The highest BCUT2D eigenvalue weighted by molar-refractivity contribution is 5.98. The zero-order valence-corrected chi connectivity index (χ0v) is 16.6. The van der Waals surface area contributed by atoms with E-state index >= 15 is 0 Å². The second kappa shape index (κ2) is 10.9. The van der Waals surface area contributed by atoms with Crippen LogP contribution >= 0.6 is 0 Å². The lowest BCUT2D eigenvalue weighted by Gasteiger charge is -2.38. The zero-order chi connectivity index (χ0) is 18.9. The third-order valence-electron chi connectivity index (χ3n) is 5.38. The molecule has 1 rings (SSSR count). The van der Waals surface area contributed by atoms with Crippen LogP contribution in [0.3, 0.4) is 0 Å². The Labute approximate surface area is 152 Å². The number of esters is 1. The highest BCUT2D eigenvalue weighted by Gasteiger charge is 2.54. The fourth-order valence-electron chi connectivity index (χ4n) is 4.36. The average molecular weight is 357 g/mol. The number of ether oxygens (including phenoxy) is 3. The van der Waals surface area contributed by atoms with Gasteiger partial charge in [-0.1, -0.05) is 32.6 Å². The van der Waals surface area contributed by atoms with Gasteiger partial charge in [0.25, 0.3) is 0 Å². The molecule has 1 aliphatic rings. The quantitative estimate of drug-likeness (QED) is 0.228. The van der Waals surface area contributed by atoms with Gasteiger partial charge in [0.15, 0.2) is 5.79 Å². The first kappa shape index (κ1) is 22.1. The van der Waals surface area contributed by atoms with Gasteiger partial charge < -0.3 is 14.2 Å². The number of carbonyl (C=O) groups excluding carboxylic acids is 2. The first-order valence-corrected chi connectivity index (χ1v) is 9.83. The van der Waals surface area contributed by atoms with Crippen molar-refractivity contribution >= 4 is 11.8 Å². The van der Waals surface area contributed by atoms with Gasteiger partial charge in [0, 0.05) is 25.6 Å². The molecular formula is C20H36O5. The molecule has 5 nitrogen and oxygen atoms in total. The minimum Gasteiger partial charge on any atom is -0.468 e. The van der Waals surface area contributed by atoms with Crippen molar-refractivity contribution in [1.29, 1.82) is 0 Å². The lowest BCUT2D eigenvalue weighted by Crippen LogP contribution is -2.44. The molecule has 3 unspecified atom stereocenters. The zero-order valence-electron chi connectivity index (χ0n) is 16.6. The number of rotatable bonds is 12. The van der Waals surface area contributed by atoms with Gasteiger partial charge in [-0.15, -0.1) is 0 Å². The van der Waals surface area contributed by atoms with Gasteiger partial charge in [-0.25, -0.2) is 0 Å². The Morgan fingerprint density at radius 3 is 2.20 bits per heavy atom. The van der Waals surface area contributed by atoms with Crippen LogP contribution in [0, 0.1) is 17.8 Å². The monoisotopic (exact) mass is 356 g/mol. The van der Waals surface area contributed by atoms with Gasteiger partial charge in [-0.3, -0.25) is 9.59 Å². The summed E-state index contributed by atoms with van der Waals surface area (Å²) in [6, 6.07) is 0. The summed E-state index contributed by atoms with van der Waals surface area (Å²) in [5, 5.41) is 0. The highest BCUT2D eigenvalue weighted by Crippen LogP contribution is 2.49. The Balaban J connectivity index is 3.07. The summed E-state index contributed by atoms with van der Waals surface area (Å²) in [6.45, 7) is 8.71. The number of hydrogen-bond donors (Lipinski definition) is 0. The van der Waals surface area contributed by atoms with Crippen LogP contribution in [-0.2, 0) is 23.8 Å². The van der Waals surface area contributed by atoms with Crippen LogP contribution in [0.2, 0.25) is 0 Å². The number of ketones is 1. The third-order valence-corrected chi connectivity index (χ3v) is 5.38. The van der Waals surface area contributed by atoms with Gasteiger partial charge >= 0.3 is 5.97 Å². The Kier molecular flexibility index (Phi) is 9.65. The molecule has 1 fully saturated rings. The van der Waals surface area contributed by atoms with Crippen molar-refractivity contribution in [2.75, 3.05) is 20.3 Å². The van der Waals surface area contributed by atoms with E-state index in [2.05, 4.69) is 6.92 Å². The maximum atomic E-state index is 12.3. The molecule has 1 aliphatic carbocycles. The molecule has 0 amide bonds. The smallest absolute Gasteiger partial charge is 0.316 e. The summed E-state index contributed by atoms with van der Waals surface area (Å²) < 4.78 is 17.1. The molecule has 0 bridgehead atoms. The lowest BCUT2D eigenvalue weighted by atomic mass is 9.78. The van der Waals surface area contributed by atoms with E-state index in [-0.39, 0.29) is 17.6 Å². The van der Waals surface area contributed by atoms with Crippen LogP contribution in [0.15, 0.2) is 0 Å². The fourth-order valence-corrected chi connectivity index (χ4v) is 4.36. The van der Waals surface area contributed by atoms with Gasteiger partial charge in [0.2, 0.25) is 0 Å². The summed E-state index contributed by atoms with van der Waals surface area (Å²) in [4.78, 5) is 24.5. The SMILES string of the molecule is CCCCCCC1C(C(C(C)=O)C(=O)OC)CCC1(OCC)OCC. The molecule has 0 heterocycles. The highest BCUT2D eigenvalue weighted by atomic mass is 16.7. The van der Waals surface area contributed by atoms with Crippen molar-refractivity contribution in [2.45, 2.75) is 78.4 Å². The molecule has 0 radical (unpaired) electrons. The van der Waals surface area contributed by atoms with Crippen LogP contribution in [-0.4, -0.2) is 37.9 Å². The number of hydrogen-bond acceptors (Lipinski definition) is 5. The summed E-state index contributed by atoms with van der Waals surface area (Å²) in [6.07, 6.45) is 6.96. The van der Waals surface area contributed by atoms with E-state index < -0.39 is 17.7 Å². The lowest BCUT2D eigenvalue weighted by molar-refractivity contribution is -0.258. The molecule has 0 aromatic rings. The standard InChI is InChI=1S/C20H36O5/c1-6-9-10-11-12-17-16(18(15(4)21)19(22)23-5)13-14-20(17,24-7-2)25-8-3/h16-18H,6-14H2,1-5H3. The van der Waals surface area contributed by atoms with Crippen molar-refractivity contribution in [3.05, 3.63) is 0 Å². The summed E-state index contributed by atoms with van der Waals surface area (Å²) >= 11 is 0. The van der Waals surface area contributed by atoms with Gasteiger partial charge in [-0.2, -0.15) is 0 Å². The van der Waals surface area contributed by atoms with Gasteiger partial charge in [0.05, 0.1) is 7.11 Å². The second-order valence-electron chi connectivity index (χ2n) is 6.95. The van der Waals surface area contributed by atoms with E-state index in [1.165, 1.54) is 26.9 Å². The number of unbranched alkanes of at least 4 members (excludes halogenated alkanes) is 3. The molecule has 0 aromatic heterocycles. The second-order valence-corrected chi connectivity index (χ2v) is 6.95. The molecule has 3 atom stereocenters. The molecule has 0 aliphatic heterocycles. The third kappa shape index (κ3) is 5.52. The van der Waals surface area contributed by atoms with E-state index in [4.69, 9.17) is 14.2 Å². The van der Waals surface area contributed by atoms with Crippen molar-refractivity contribution in [3.8, 4) is 0 Å². The molecule has 0 spiro atoms. The van der Waals surface area contributed by atoms with E-state index in [1.807, 2.05) is 13.8 Å². The van der Waals surface area contributed by atoms with E-state index in [9.17, 15) is 9.59 Å². The maximum absolute atomic E-state index is 12.3.